The minimum atomic E-state index is 0.0884. The molecule has 0 bridgehead atoms. The third-order valence-corrected chi connectivity index (χ3v) is 3.38. The van der Waals surface area contributed by atoms with Gasteiger partial charge in [0.05, 0.1) is 0 Å². The van der Waals surface area contributed by atoms with Gasteiger partial charge in [-0.15, -0.1) is 0 Å². The second-order valence-corrected chi connectivity index (χ2v) is 5.00. The Morgan fingerprint density at radius 1 is 1.61 bits per heavy atom. The average molecular weight is 251 g/mol. The monoisotopic (exact) mass is 251 g/mol. The summed E-state index contributed by atoms with van der Waals surface area (Å²) in [5, 5.41) is 7.11. The number of hydrogen-bond acceptors (Lipinski definition) is 4. The number of rotatable bonds is 4. The Bertz CT molecular complexity index is 403. The van der Waals surface area contributed by atoms with Crippen LogP contribution in [0.5, 0.6) is 0 Å². The highest BCUT2D eigenvalue weighted by atomic mass is 16.1. The summed E-state index contributed by atoms with van der Waals surface area (Å²) >= 11 is 0. The average Bonchev–Trinajstić information content (AvgIpc) is 2.75. The summed E-state index contributed by atoms with van der Waals surface area (Å²) in [4.78, 5) is 16.0. The minimum Gasteiger partial charge on any atom is -0.355 e. The number of nitrogens with one attached hydrogen (secondary N) is 1. The maximum Gasteiger partial charge on any atom is 0.223 e. The Kier molecular flexibility index (Phi) is 4.30. The summed E-state index contributed by atoms with van der Waals surface area (Å²) < 4.78 is 1.66. The highest BCUT2D eigenvalue weighted by Crippen LogP contribution is 2.22. The molecule has 1 saturated carbocycles. The topological polar surface area (TPSA) is 85.8 Å². The molecule has 6 nitrogen and oxygen atoms in total. The fraction of sp³-hybridized carbons (Fsp3) is 0.750. The quantitative estimate of drug-likeness (QED) is 0.788. The predicted molar refractivity (Wildman–Crippen MR) is 67.7 cm³/mol. The number of nitrogens with zero attached hydrogens (tertiary/aromatic N) is 3. The molecule has 18 heavy (non-hydrogen) atoms. The van der Waals surface area contributed by atoms with Gasteiger partial charge in [0.1, 0.15) is 6.33 Å². The standard InChI is InChI=1S/C12H21N5O/c1-17-8-15-11(16-17)5-6-14-12(18)9-3-2-4-10(13)7-9/h8-10H,2-7,13H2,1H3,(H,14,18). The van der Waals surface area contributed by atoms with E-state index in [0.29, 0.717) is 13.0 Å². The van der Waals surface area contributed by atoms with Crippen LogP contribution in [0.4, 0.5) is 0 Å². The Morgan fingerprint density at radius 3 is 3.11 bits per heavy atom. The summed E-state index contributed by atoms with van der Waals surface area (Å²) in [6.07, 6.45) is 6.21. The number of carbonyl (C=O) groups excluding carboxylic acids is 1. The van der Waals surface area contributed by atoms with Crippen LogP contribution in [-0.4, -0.2) is 33.3 Å². The zero-order valence-electron chi connectivity index (χ0n) is 10.8. The molecule has 100 valence electrons. The smallest absolute Gasteiger partial charge is 0.223 e. The van der Waals surface area contributed by atoms with Crippen molar-refractivity contribution in [2.75, 3.05) is 6.54 Å². The van der Waals surface area contributed by atoms with E-state index in [9.17, 15) is 4.79 Å². The van der Waals surface area contributed by atoms with Crippen molar-refractivity contribution in [3.8, 4) is 0 Å². The Morgan fingerprint density at radius 2 is 2.44 bits per heavy atom. The van der Waals surface area contributed by atoms with Gasteiger partial charge in [-0.2, -0.15) is 5.10 Å². The summed E-state index contributed by atoms with van der Waals surface area (Å²) in [6.45, 7) is 0.592. The highest BCUT2D eigenvalue weighted by Gasteiger charge is 2.24. The van der Waals surface area contributed by atoms with E-state index in [4.69, 9.17) is 5.73 Å². The van der Waals surface area contributed by atoms with Gasteiger partial charge in [-0.3, -0.25) is 9.48 Å². The lowest BCUT2D eigenvalue weighted by Gasteiger charge is -2.25. The zero-order chi connectivity index (χ0) is 13.0. The molecule has 0 radical (unpaired) electrons. The van der Waals surface area contributed by atoms with E-state index in [2.05, 4.69) is 15.4 Å². The van der Waals surface area contributed by atoms with Crippen molar-refractivity contribution in [1.82, 2.24) is 20.1 Å². The maximum absolute atomic E-state index is 11.9. The van der Waals surface area contributed by atoms with Crippen LogP contribution < -0.4 is 11.1 Å². The Hall–Kier alpha value is -1.43. The van der Waals surface area contributed by atoms with Crippen molar-refractivity contribution >= 4 is 5.91 Å². The van der Waals surface area contributed by atoms with Crippen molar-refractivity contribution in [3.05, 3.63) is 12.2 Å². The molecule has 2 unspecified atom stereocenters. The molecule has 0 spiro atoms. The lowest BCUT2D eigenvalue weighted by molar-refractivity contribution is -0.126. The van der Waals surface area contributed by atoms with Gasteiger partial charge in [-0.25, -0.2) is 4.98 Å². The van der Waals surface area contributed by atoms with E-state index in [0.717, 1.165) is 31.5 Å². The van der Waals surface area contributed by atoms with E-state index in [1.165, 1.54) is 0 Å². The molecule has 0 saturated heterocycles. The molecular formula is C12H21N5O. The second kappa shape index (κ2) is 5.95. The van der Waals surface area contributed by atoms with Crippen LogP contribution in [0.2, 0.25) is 0 Å². The molecule has 1 fully saturated rings. The van der Waals surface area contributed by atoms with Crippen LogP contribution in [0.25, 0.3) is 0 Å². The number of carbonyl (C=O) groups is 1. The van der Waals surface area contributed by atoms with E-state index in [1.807, 2.05) is 7.05 Å². The lowest BCUT2D eigenvalue weighted by Crippen LogP contribution is -2.38. The molecular weight excluding hydrogens is 230 g/mol. The number of amides is 1. The first-order chi connectivity index (χ1) is 8.65. The lowest BCUT2D eigenvalue weighted by atomic mass is 9.85. The van der Waals surface area contributed by atoms with Crippen LogP contribution in [0.1, 0.15) is 31.5 Å². The van der Waals surface area contributed by atoms with Crippen LogP contribution in [0.3, 0.4) is 0 Å². The molecule has 1 aliphatic carbocycles. The molecule has 6 heteroatoms. The zero-order valence-corrected chi connectivity index (χ0v) is 10.8. The highest BCUT2D eigenvalue weighted by molar-refractivity contribution is 5.78. The third-order valence-electron chi connectivity index (χ3n) is 3.38. The Balaban J connectivity index is 1.71. The Labute approximate surface area is 107 Å². The van der Waals surface area contributed by atoms with Crippen LogP contribution in [-0.2, 0) is 18.3 Å². The molecule has 0 aromatic carbocycles. The van der Waals surface area contributed by atoms with Gasteiger partial charge in [0.25, 0.3) is 0 Å². The molecule has 1 aromatic heterocycles. The number of aromatic nitrogens is 3. The minimum absolute atomic E-state index is 0.0884. The fourth-order valence-electron chi connectivity index (χ4n) is 2.41. The fourth-order valence-corrected chi connectivity index (χ4v) is 2.41. The SMILES string of the molecule is Cn1cnc(CCNC(=O)C2CCCC(N)C2)n1. The van der Waals surface area contributed by atoms with E-state index in [1.54, 1.807) is 11.0 Å². The molecule has 2 rings (SSSR count). The predicted octanol–water partition coefficient (Wildman–Crippen LogP) is -0.00870. The third kappa shape index (κ3) is 3.53. The molecule has 0 aliphatic heterocycles. The van der Waals surface area contributed by atoms with Gasteiger partial charge >= 0.3 is 0 Å². The van der Waals surface area contributed by atoms with Crippen LogP contribution in [0, 0.1) is 5.92 Å². The molecule has 1 aromatic rings. The largest absolute Gasteiger partial charge is 0.355 e. The summed E-state index contributed by atoms with van der Waals surface area (Å²) in [7, 11) is 1.83. The summed E-state index contributed by atoms with van der Waals surface area (Å²) in [5.41, 5.74) is 5.88. The first kappa shape index (κ1) is 13.0. The molecule has 3 N–H and O–H groups in total. The van der Waals surface area contributed by atoms with Gasteiger partial charge in [0.2, 0.25) is 5.91 Å². The summed E-state index contributed by atoms with van der Waals surface area (Å²) in [5.74, 6) is 0.977. The van der Waals surface area contributed by atoms with E-state index >= 15 is 0 Å². The van der Waals surface area contributed by atoms with E-state index < -0.39 is 0 Å². The number of nitrogens with two attached hydrogens (primary N) is 1. The van der Waals surface area contributed by atoms with Crippen molar-refractivity contribution in [2.24, 2.45) is 18.7 Å². The van der Waals surface area contributed by atoms with Crippen molar-refractivity contribution < 1.29 is 4.79 Å². The van der Waals surface area contributed by atoms with Crippen molar-refractivity contribution in [1.29, 1.82) is 0 Å². The van der Waals surface area contributed by atoms with Gasteiger partial charge in [-0.05, 0) is 19.3 Å². The molecule has 2 atom stereocenters. The molecule has 1 amide bonds. The first-order valence-electron chi connectivity index (χ1n) is 6.53. The van der Waals surface area contributed by atoms with Crippen LogP contribution >= 0.6 is 0 Å². The van der Waals surface area contributed by atoms with Crippen molar-refractivity contribution in [2.45, 2.75) is 38.1 Å². The normalized spacial score (nSPS) is 23.9. The molecule has 1 heterocycles. The number of hydrogen-bond donors (Lipinski definition) is 2. The second-order valence-electron chi connectivity index (χ2n) is 5.00. The first-order valence-corrected chi connectivity index (χ1v) is 6.53. The van der Waals surface area contributed by atoms with Crippen LogP contribution in [0.15, 0.2) is 6.33 Å². The summed E-state index contributed by atoms with van der Waals surface area (Å²) in [6, 6.07) is 0.187. The maximum atomic E-state index is 11.9. The van der Waals surface area contributed by atoms with Gasteiger partial charge in [0, 0.05) is 32.0 Å². The van der Waals surface area contributed by atoms with Gasteiger partial charge in [0.15, 0.2) is 5.82 Å². The number of aryl methyl sites for hydroxylation is 1. The molecule has 1 aliphatic rings. The van der Waals surface area contributed by atoms with Crippen molar-refractivity contribution in [3.63, 3.8) is 0 Å². The van der Waals surface area contributed by atoms with E-state index in [-0.39, 0.29) is 17.9 Å². The van der Waals surface area contributed by atoms with Gasteiger partial charge < -0.3 is 11.1 Å². The van der Waals surface area contributed by atoms with Gasteiger partial charge in [-0.1, -0.05) is 6.42 Å².